The van der Waals surface area contributed by atoms with Crippen LogP contribution in [0.5, 0.6) is 11.5 Å². The van der Waals surface area contributed by atoms with Crippen molar-refractivity contribution in [1.29, 1.82) is 0 Å². The molecular formula is C30H42O6. The number of benzene rings is 1. The van der Waals surface area contributed by atoms with Crippen molar-refractivity contribution in [3.8, 4) is 11.5 Å². The molecule has 1 aromatic carbocycles. The normalized spacial score (nSPS) is 31.4. The van der Waals surface area contributed by atoms with Crippen LogP contribution in [-0.2, 0) is 25.4 Å². The number of aryl methyl sites for hydroxylation is 1. The molecule has 0 aromatic heterocycles. The highest BCUT2D eigenvalue weighted by molar-refractivity contribution is 5.83. The monoisotopic (exact) mass is 498 g/mol. The van der Waals surface area contributed by atoms with Gasteiger partial charge in [0.1, 0.15) is 12.2 Å². The number of carbonyl (C=O) groups excluding carboxylic acids is 1. The van der Waals surface area contributed by atoms with Crippen LogP contribution in [0.3, 0.4) is 0 Å². The summed E-state index contributed by atoms with van der Waals surface area (Å²) < 4.78 is 29.2. The Morgan fingerprint density at radius 1 is 1.00 bits per heavy atom. The van der Waals surface area contributed by atoms with Crippen LogP contribution in [0.25, 0.3) is 0 Å². The van der Waals surface area contributed by atoms with Gasteiger partial charge in [-0.25, -0.2) is 4.79 Å². The zero-order valence-electron chi connectivity index (χ0n) is 21.9. The zero-order chi connectivity index (χ0) is 25.0. The van der Waals surface area contributed by atoms with E-state index in [1.807, 2.05) is 12.1 Å². The molecule has 6 unspecified atom stereocenters. The number of ether oxygens (including phenoxy) is 5. The summed E-state index contributed by atoms with van der Waals surface area (Å²) in [5, 5.41) is 0. The number of carbonyl (C=O) groups is 1. The Morgan fingerprint density at radius 2 is 1.81 bits per heavy atom. The lowest BCUT2D eigenvalue weighted by atomic mass is 9.85. The Morgan fingerprint density at radius 3 is 2.69 bits per heavy atom. The summed E-state index contributed by atoms with van der Waals surface area (Å²) in [6.07, 6.45) is 17.0. The number of hydrogen-bond acceptors (Lipinski definition) is 6. The fourth-order valence-corrected chi connectivity index (χ4v) is 6.44. The molecule has 1 aromatic rings. The molecule has 0 saturated carbocycles. The van der Waals surface area contributed by atoms with E-state index in [0.29, 0.717) is 25.0 Å². The number of rotatable bonds is 11. The maximum Gasteiger partial charge on any atom is 0.330 e. The van der Waals surface area contributed by atoms with Crippen LogP contribution in [0.15, 0.2) is 30.4 Å². The molecule has 6 atom stereocenters. The molecule has 0 radical (unpaired) electrons. The van der Waals surface area contributed by atoms with Crippen molar-refractivity contribution in [2.24, 2.45) is 11.8 Å². The van der Waals surface area contributed by atoms with Gasteiger partial charge in [0.05, 0.1) is 6.10 Å². The van der Waals surface area contributed by atoms with Gasteiger partial charge >= 0.3 is 5.97 Å². The standard InChI is InChI=1S/C30H42O6/c1-21(9-7-5-3-4-6-8-10-23-11-12-25-27(17-23)33-20-32-25)15-24-16-22(2)18-30(35-24)19-28-26(36-30)13-14-29(31)34-28/h11-14,17,21-22,24,26,28H,3-10,15-16,18-20H2,1-2H3. The Hall–Kier alpha value is -2.05. The van der Waals surface area contributed by atoms with E-state index >= 15 is 0 Å². The molecule has 0 N–H and O–H groups in total. The third-order valence-electron chi connectivity index (χ3n) is 8.14. The smallest absolute Gasteiger partial charge is 0.330 e. The van der Waals surface area contributed by atoms with E-state index in [0.717, 1.165) is 37.2 Å². The van der Waals surface area contributed by atoms with Gasteiger partial charge in [-0.05, 0) is 61.3 Å². The van der Waals surface area contributed by atoms with Gasteiger partial charge in [0.15, 0.2) is 17.3 Å². The van der Waals surface area contributed by atoms with Crippen molar-refractivity contribution in [3.05, 3.63) is 35.9 Å². The van der Waals surface area contributed by atoms with E-state index in [9.17, 15) is 4.79 Å². The molecule has 2 fully saturated rings. The molecule has 6 nitrogen and oxygen atoms in total. The van der Waals surface area contributed by atoms with Gasteiger partial charge in [-0.1, -0.05) is 58.4 Å². The summed E-state index contributed by atoms with van der Waals surface area (Å²) in [5.74, 6) is 2.09. The molecule has 1 spiro atoms. The van der Waals surface area contributed by atoms with Crippen molar-refractivity contribution < 1.29 is 28.5 Å². The molecule has 4 aliphatic heterocycles. The fraction of sp³-hybridized carbons (Fsp3) is 0.700. The van der Waals surface area contributed by atoms with Crippen molar-refractivity contribution in [2.75, 3.05) is 6.79 Å². The Bertz CT molecular complexity index is 928. The highest BCUT2D eigenvalue weighted by Gasteiger charge is 2.53. The van der Waals surface area contributed by atoms with Crippen LogP contribution in [0.1, 0.15) is 90.0 Å². The van der Waals surface area contributed by atoms with Crippen molar-refractivity contribution >= 4 is 5.97 Å². The average molecular weight is 499 g/mol. The lowest BCUT2D eigenvalue weighted by molar-refractivity contribution is -0.276. The summed E-state index contributed by atoms with van der Waals surface area (Å²) in [4.78, 5) is 11.6. The molecule has 0 bridgehead atoms. The van der Waals surface area contributed by atoms with Gasteiger partial charge in [0.2, 0.25) is 6.79 Å². The summed E-state index contributed by atoms with van der Waals surface area (Å²) in [5.41, 5.74) is 1.34. The van der Waals surface area contributed by atoms with Gasteiger partial charge in [-0.2, -0.15) is 0 Å². The van der Waals surface area contributed by atoms with Gasteiger partial charge < -0.3 is 23.7 Å². The first kappa shape index (κ1) is 25.6. The summed E-state index contributed by atoms with van der Waals surface area (Å²) in [6.45, 7) is 5.00. The molecule has 4 aliphatic rings. The Labute approximate surface area is 215 Å². The second-order valence-corrected chi connectivity index (χ2v) is 11.5. The highest BCUT2D eigenvalue weighted by Crippen LogP contribution is 2.46. The molecule has 4 heterocycles. The molecule has 5 rings (SSSR count). The number of esters is 1. The summed E-state index contributed by atoms with van der Waals surface area (Å²) >= 11 is 0. The lowest BCUT2D eigenvalue weighted by Crippen LogP contribution is -2.44. The van der Waals surface area contributed by atoms with Crippen LogP contribution in [-0.4, -0.2) is 36.9 Å². The lowest BCUT2D eigenvalue weighted by Gasteiger charge is -2.41. The first-order valence-corrected chi connectivity index (χ1v) is 14.1. The van der Waals surface area contributed by atoms with E-state index in [2.05, 4.69) is 26.0 Å². The van der Waals surface area contributed by atoms with E-state index in [4.69, 9.17) is 23.7 Å². The molecular weight excluding hydrogens is 456 g/mol. The van der Waals surface area contributed by atoms with Gasteiger partial charge in [0.25, 0.3) is 0 Å². The zero-order valence-corrected chi connectivity index (χ0v) is 21.9. The number of fused-ring (bicyclic) bond motifs is 2. The van der Waals surface area contributed by atoms with Crippen molar-refractivity contribution in [2.45, 2.75) is 115 Å². The predicted molar refractivity (Wildman–Crippen MR) is 137 cm³/mol. The minimum atomic E-state index is -0.590. The second-order valence-electron chi connectivity index (χ2n) is 11.5. The molecule has 6 heteroatoms. The van der Waals surface area contributed by atoms with E-state index in [1.54, 1.807) is 0 Å². The van der Waals surface area contributed by atoms with Crippen LogP contribution < -0.4 is 9.47 Å². The van der Waals surface area contributed by atoms with Crippen LogP contribution >= 0.6 is 0 Å². The average Bonchev–Trinajstić information content (AvgIpc) is 3.43. The maximum atomic E-state index is 11.6. The van der Waals surface area contributed by atoms with Gasteiger partial charge in [-0.3, -0.25) is 0 Å². The SMILES string of the molecule is CC(CCCCCCCCc1ccc2c(c1)OCO2)CC1CC(C)CC2(CC3OC(=O)C=CC3O2)O1. The van der Waals surface area contributed by atoms with Crippen LogP contribution in [0.4, 0.5) is 0 Å². The van der Waals surface area contributed by atoms with Gasteiger partial charge in [0, 0.05) is 18.9 Å². The first-order valence-electron chi connectivity index (χ1n) is 14.1. The minimum Gasteiger partial charge on any atom is -0.456 e. The molecule has 0 aliphatic carbocycles. The third-order valence-corrected chi connectivity index (χ3v) is 8.14. The topological polar surface area (TPSA) is 63.2 Å². The molecule has 2 saturated heterocycles. The van der Waals surface area contributed by atoms with Crippen LogP contribution in [0, 0.1) is 11.8 Å². The predicted octanol–water partition coefficient (Wildman–Crippen LogP) is 6.50. The van der Waals surface area contributed by atoms with Crippen LogP contribution in [0.2, 0.25) is 0 Å². The Kier molecular flexibility index (Phi) is 8.22. The summed E-state index contributed by atoms with van der Waals surface area (Å²) in [7, 11) is 0. The third kappa shape index (κ3) is 6.44. The minimum absolute atomic E-state index is 0.164. The van der Waals surface area contributed by atoms with Gasteiger partial charge in [-0.15, -0.1) is 0 Å². The number of hydrogen-bond donors (Lipinski definition) is 0. The van der Waals surface area contributed by atoms with E-state index in [1.165, 1.54) is 56.6 Å². The van der Waals surface area contributed by atoms with E-state index in [-0.39, 0.29) is 24.3 Å². The molecule has 36 heavy (non-hydrogen) atoms. The van der Waals surface area contributed by atoms with E-state index < -0.39 is 5.79 Å². The highest BCUT2D eigenvalue weighted by atomic mass is 16.7. The van der Waals surface area contributed by atoms with Crippen molar-refractivity contribution in [1.82, 2.24) is 0 Å². The molecule has 0 amide bonds. The summed E-state index contributed by atoms with van der Waals surface area (Å²) in [6, 6.07) is 6.31. The second kappa shape index (κ2) is 11.6. The number of unbranched alkanes of at least 4 members (excludes halogenated alkanes) is 5. The quantitative estimate of drug-likeness (QED) is 0.256. The van der Waals surface area contributed by atoms with Crippen molar-refractivity contribution in [3.63, 3.8) is 0 Å². The molecule has 198 valence electrons. The largest absolute Gasteiger partial charge is 0.456 e. The maximum absolute atomic E-state index is 11.6. The first-order chi connectivity index (χ1) is 17.5. The fourth-order valence-electron chi connectivity index (χ4n) is 6.44. The Balaban J connectivity index is 0.948.